The van der Waals surface area contributed by atoms with Crippen LogP contribution < -0.4 is 30.2 Å². The molecule has 216 valence electrons. The van der Waals surface area contributed by atoms with Gasteiger partial charge in [-0.2, -0.15) is 5.26 Å². The van der Waals surface area contributed by atoms with Crippen molar-refractivity contribution in [2.45, 2.75) is 29.5 Å². The molecule has 1 atom stereocenters. The summed E-state index contributed by atoms with van der Waals surface area (Å²) in [5.41, 5.74) is 9.46. The van der Waals surface area contributed by atoms with Gasteiger partial charge < -0.3 is 25.3 Å². The fraction of sp³-hybridized carbons (Fsp3) is 0.276. The van der Waals surface area contributed by atoms with Crippen LogP contribution in [0.5, 0.6) is 17.2 Å². The molecule has 0 saturated carbocycles. The number of nitrogens with one attached hydrogen (secondary N) is 1. The molecule has 1 aliphatic heterocycles. The van der Waals surface area contributed by atoms with E-state index in [1.807, 2.05) is 6.07 Å². The molecule has 42 heavy (non-hydrogen) atoms. The number of anilines is 2. The summed E-state index contributed by atoms with van der Waals surface area (Å²) in [5, 5.41) is 22.1. The minimum absolute atomic E-state index is 0.0457. The summed E-state index contributed by atoms with van der Waals surface area (Å²) < 4.78 is 16.5. The highest BCUT2D eigenvalue weighted by Crippen LogP contribution is 2.48. The number of nitrogens with two attached hydrogens (primary N) is 1. The molecule has 0 radical (unpaired) electrons. The Morgan fingerprint density at radius 2 is 1.88 bits per heavy atom. The van der Waals surface area contributed by atoms with Crippen molar-refractivity contribution >= 4 is 45.6 Å². The molecule has 0 spiro atoms. The van der Waals surface area contributed by atoms with Gasteiger partial charge >= 0.3 is 0 Å². The molecular formula is C29H28N6O5S2. The predicted molar refractivity (Wildman–Crippen MR) is 160 cm³/mol. The van der Waals surface area contributed by atoms with E-state index in [4.69, 9.17) is 19.9 Å². The minimum Gasteiger partial charge on any atom is -0.497 e. The van der Waals surface area contributed by atoms with Crippen molar-refractivity contribution in [2.75, 3.05) is 37.3 Å². The van der Waals surface area contributed by atoms with Gasteiger partial charge in [-0.3, -0.25) is 14.5 Å². The first kappa shape index (κ1) is 29.0. The van der Waals surface area contributed by atoms with Gasteiger partial charge in [0, 0.05) is 23.4 Å². The number of nitrogens with zero attached hydrogens (tertiary/aromatic N) is 4. The Kier molecular flexibility index (Phi) is 8.65. The van der Waals surface area contributed by atoms with Gasteiger partial charge in [-0.15, -0.1) is 10.2 Å². The van der Waals surface area contributed by atoms with Crippen LogP contribution in [-0.4, -0.2) is 49.0 Å². The van der Waals surface area contributed by atoms with Crippen LogP contribution in [0.3, 0.4) is 0 Å². The van der Waals surface area contributed by atoms with Gasteiger partial charge in [-0.1, -0.05) is 29.2 Å². The SMILES string of the molecule is COc1ccc(NC(=O)CSc2nnc(N3C(N)=C(C#N)C(c4ccc(OC)c(OC)c4)C4=C3CCCC4=O)s2)cc1. The summed E-state index contributed by atoms with van der Waals surface area (Å²) in [4.78, 5) is 27.6. The first-order valence-electron chi connectivity index (χ1n) is 13.0. The average Bonchev–Trinajstić information content (AvgIpc) is 3.48. The number of hydrogen-bond acceptors (Lipinski definition) is 12. The van der Waals surface area contributed by atoms with Crippen LogP contribution in [0, 0.1) is 11.3 Å². The van der Waals surface area contributed by atoms with E-state index in [-0.39, 0.29) is 28.8 Å². The summed E-state index contributed by atoms with van der Waals surface area (Å²) in [7, 11) is 4.65. The number of amides is 1. The van der Waals surface area contributed by atoms with Crippen LogP contribution in [0.15, 0.2) is 69.5 Å². The second kappa shape index (κ2) is 12.5. The van der Waals surface area contributed by atoms with E-state index in [2.05, 4.69) is 21.6 Å². The van der Waals surface area contributed by atoms with Crippen LogP contribution in [0.1, 0.15) is 30.7 Å². The Morgan fingerprint density at radius 1 is 1.12 bits per heavy atom. The fourth-order valence-corrected chi connectivity index (χ4v) is 6.70. The number of ketones is 1. The van der Waals surface area contributed by atoms with Gasteiger partial charge in [-0.05, 0) is 54.8 Å². The van der Waals surface area contributed by atoms with Crippen molar-refractivity contribution in [3.63, 3.8) is 0 Å². The molecule has 0 bridgehead atoms. The predicted octanol–water partition coefficient (Wildman–Crippen LogP) is 4.60. The maximum absolute atomic E-state index is 13.4. The number of Topliss-reactive ketones (excluding diaryl/α,β-unsaturated/α-hetero) is 1. The molecule has 2 aromatic carbocycles. The molecule has 2 aliphatic rings. The fourth-order valence-electron chi connectivity index (χ4n) is 5.02. The normalized spacial score (nSPS) is 16.6. The van der Waals surface area contributed by atoms with Gasteiger partial charge in [0.05, 0.1) is 44.6 Å². The molecule has 0 saturated heterocycles. The Morgan fingerprint density at radius 3 is 2.57 bits per heavy atom. The number of rotatable bonds is 9. The van der Waals surface area contributed by atoms with Gasteiger partial charge in [0.1, 0.15) is 11.6 Å². The van der Waals surface area contributed by atoms with Crippen LogP contribution >= 0.6 is 23.1 Å². The zero-order valence-electron chi connectivity index (χ0n) is 23.2. The largest absolute Gasteiger partial charge is 0.497 e. The van der Waals surface area contributed by atoms with E-state index in [1.54, 1.807) is 55.5 Å². The molecular weight excluding hydrogens is 576 g/mol. The molecule has 3 aromatic rings. The second-order valence-corrected chi connectivity index (χ2v) is 11.5. The number of aromatic nitrogens is 2. The summed E-state index contributed by atoms with van der Waals surface area (Å²) in [6, 6.07) is 14.6. The quantitative estimate of drug-likeness (QED) is 0.330. The van der Waals surface area contributed by atoms with E-state index in [0.29, 0.717) is 68.5 Å². The first-order chi connectivity index (χ1) is 20.4. The summed E-state index contributed by atoms with van der Waals surface area (Å²) in [6.07, 6.45) is 1.60. The van der Waals surface area contributed by atoms with E-state index in [9.17, 15) is 14.9 Å². The molecule has 1 aromatic heterocycles. The Labute approximate surface area is 251 Å². The minimum atomic E-state index is -0.655. The number of ether oxygens (including phenoxy) is 3. The van der Waals surface area contributed by atoms with Crippen molar-refractivity contribution in [3.8, 4) is 23.3 Å². The van der Waals surface area contributed by atoms with Crippen molar-refractivity contribution in [2.24, 2.45) is 5.73 Å². The third kappa shape index (κ3) is 5.63. The van der Waals surface area contributed by atoms with Gasteiger partial charge in [0.25, 0.3) is 0 Å². The molecule has 13 heteroatoms. The molecule has 11 nitrogen and oxygen atoms in total. The molecule has 1 amide bonds. The highest BCUT2D eigenvalue weighted by molar-refractivity contribution is 8.01. The molecule has 0 fully saturated rings. The summed E-state index contributed by atoms with van der Waals surface area (Å²) in [6.45, 7) is 0. The van der Waals surface area contributed by atoms with Crippen molar-refractivity contribution in [1.82, 2.24) is 10.2 Å². The topological polar surface area (TPSA) is 153 Å². The monoisotopic (exact) mass is 604 g/mol. The Bertz CT molecular complexity index is 1630. The highest BCUT2D eigenvalue weighted by Gasteiger charge is 2.41. The molecule has 3 N–H and O–H groups in total. The maximum Gasteiger partial charge on any atom is 0.234 e. The Hall–Kier alpha value is -4.54. The van der Waals surface area contributed by atoms with Crippen molar-refractivity contribution < 1.29 is 23.8 Å². The lowest BCUT2D eigenvalue weighted by molar-refractivity contribution is -0.116. The third-order valence-corrected chi connectivity index (χ3v) is 8.98. The zero-order chi connectivity index (χ0) is 29.8. The lowest BCUT2D eigenvalue weighted by Crippen LogP contribution is -2.38. The number of benzene rings is 2. The number of nitriles is 1. The van der Waals surface area contributed by atoms with Crippen LogP contribution in [-0.2, 0) is 9.59 Å². The average molecular weight is 605 g/mol. The van der Waals surface area contributed by atoms with Gasteiger partial charge in [0.2, 0.25) is 11.0 Å². The third-order valence-electron chi connectivity index (χ3n) is 6.94. The number of carbonyl (C=O) groups is 2. The molecule has 1 aliphatic carbocycles. The number of thioether (sulfide) groups is 1. The van der Waals surface area contributed by atoms with Crippen molar-refractivity contribution in [1.29, 1.82) is 5.26 Å². The summed E-state index contributed by atoms with van der Waals surface area (Å²) in [5.74, 6) is 1.12. The van der Waals surface area contributed by atoms with E-state index >= 15 is 0 Å². The van der Waals surface area contributed by atoms with E-state index in [0.717, 1.165) is 0 Å². The Balaban J connectivity index is 1.42. The summed E-state index contributed by atoms with van der Waals surface area (Å²) >= 11 is 2.47. The van der Waals surface area contributed by atoms with Gasteiger partial charge in [0.15, 0.2) is 21.6 Å². The highest BCUT2D eigenvalue weighted by atomic mass is 32.2. The first-order valence-corrected chi connectivity index (χ1v) is 14.8. The van der Waals surface area contributed by atoms with E-state index < -0.39 is 5.92 Å². The lowest BCUT2D eigenvalue weighted by atomic mass is 9.75. The molecule has 1 unspecified atom stereocenters. The molecule has 5 rings (SSSR count). The zero-order valence-corrected chi connectivity index (χ0v) is 24.8. The van der Waals surface area contributed by atoms with Crippen LogP contribution in [0.2, 0.25) is 0 Å². The van der Waals surface area contributed by atoms with E-state index in [1.165, 1.54) is 30.2 Å². The van der Waals surface area contributed by atoms with Gasteiger partial charge in [-0.25, -0.2) is 0 Å². The maximum atomic E-state index is 13.4. The standard InChI is InChI=1S/C29H28N6O5S2/c1-38-18-10-8-17(9-11-18)32-24(37)15-41-29-34-33-28(42-29)35-20-5-4-6-21(36)26(20)25(19(14-30)27(35)31)16-7-12-22(39-2)23(13-16)40-3/h7-13,25H,4-6,15,31H2,1-3H3,(H,32,37). The van der Waals surface area contributed by atoms with Crippen molar-refractivity contribution in [3.05, 3.63) is 70.7 Å². The number of carbonyl (C=O) groups excluding carboxylic acids is 2. The van der Waals surface area contributed by atoms with Crippen LogP contribution in [0.4, 0.5) is 10.8 Å². The number of methoxy groups -OCH3 is 3. The lowest BCUT2D eigenvalue weighted by Gasteiger charge is -2.38. The smallest absolute Gasteiger partial charge is 0.234 e. The number of hydrogen-bond donors (Lipinski definition) is 2. The number of allylic oxidation sites excluding steroid dienone is 3. The molecule has 2 heterocycles. The van der Waals surface area contributed by atoms with Crippen LogP contribution in [0.25, 0.3) is 0 Å². The second-order valence-electron chi connectivity index (χ2n) is 9.35.